The van der Waals surface area contributed by atoms with Gasteiger partial charge in [-0.15, -0.1) is 0 Å². The molecular weight excluding hydrogens is 194 g/mol. The van der Waals surface area contributed by atoms with Crippen molar-refractivity contribution in [3.63, 3.8) is 0 Å². The van der Waals surface area contributed by atoms with E-state index >= 15 is 0 Å². The molecule has 0 spiro atoms. The van der Waals surface area contributed by atoms with Crippen LogP contribution >= 0.6 is 0 Å². The molecule has 0 fully saturated rings. The van der Waals surface area contributed by atoms with Gasteiger partial charge in [-0.3, -0.25) is 9.48 Å². The molecule has 1 aromatic heterocycles. The molecular formula is C10H17N3O2. The fourth-order valence-corrected chi connectivity index (χ4v) is 1.27. The molecule has 1 aromatic rings. The first-order valence-corrected chi connectivity index (χ1v) is 4.82. The maximum Gasteiger partial charge on any atom is 0.325 e. The number of carbonyl (C=O) groups is 1. The van der Waals surface area contributed by atoms with E-state index in [0.29, 0.717) is 13.0 Å². The second-order valence-corrected chi connectivity index (χ2v) is 3.94. The number of aromatic nitrogens is 2. The van der Waals surface area contributed by atoms with Crippen LogP contribution < -0.4 is 5.73 Å². The lowest BCUT2D eigenvalue weighted by atomic mass is 10.00. The second kappa shape index (κ2) is 4.44. The van der Waals surface area contributed by atoms with Crippen molar-refractivity contribution in [2.75, 3.05) is 7.11 Å². The minimum absolute atomic E-state index is 0.397. The number of methoxy groups -OCH3 is 1. The number of aryl methyl sites for hydroxylation is 2. The van der Waals surface area contributed by atoms with Crippen LogP contribution in [-0.2, 0) is 16.1 Å². The Hall–Kier alpha value is -1.36. The first kappa shape index (κ1) is 11.7. The lowest BCUT2D eigenvalue weighted by molar-refractivity contribution is -0.146. The standard InChI is InChI=1S/C10H17N3O2/c1-8-6-12-13(7-8)5-4-10(2,11)9(14)15-3/h6-7H,4-5,11H2,1-3H3. The third-order valence-corrected chi connectivity index (χ3v) is 2.27. The fraction of sp³-hybridized carbons (Fsp3) is 0.600. The molecule has 0 aliphatic rings. The molecule has 0 saturated heterocycles. The number of hydrogen-bond donors (Lipinski definition) is 1. The average Bonchev–Trinajstić information content (AvgIpc) is 2.60. The van der Waals surface area contributed by atoms with Crippen LogP contribution in [0.2, 0.25) is 0 Å². The van der Waals surface area contributed by atoms with E-state index in [1.165, 1.54) is 7.11 Å². The summed E-state index contributed by atoms with van der Waals surface area (Å²) in [6.07, 6.45) is 4.18. The van der Waals surface area contributed by atoms with Crippen molar-refractivity contribution in [3.8, 4) is 0 Å². The Labute approximate surface area is 89.2 Å². The molecule has 15 heavy (non-hydrogen) atoms. The van der Waals surface area contributed by atoms with Crippen LogP contribution in [0.5, 0.6) is 0 Å². The summed E-state index contributed by atoms with van der Waals surface area (Å²) in [4.78, 5) is 11.3. The highest BCUT2D eigenvalue weighted by Crippen LogP contribution is 2.09. The SMILES string of the molecule is COC(=O)C(C)(N)CCn1cc(C)cn1. The molecule has 1 heterocycles. The Morgan fingerprint density at radius 1 is 1.73 bits per heavy atom. The van der Waals surface area contributed by atoms with Crippen molar-refractivity contribution in [3.05, 3.63) is 18.0 Å². The fourth-order valence-electron chi connectivity index (χ4n) is 1.27. The minimum Gasteiger partial charge on any atom is -0.468 e. The highest BCUT2D eigenvalue weighted by atomic mass is 16.5. The first-order valence-electron chi connectivity index (χ1n) is 4.82. The normalized spacial score (nSPS) is 14.7. The third-order valence-electron chi connectivity index (χ3n) is 2.27. The van der Waals surface area contributed by atoms with Gasteiger partial charge in [-0.25, -0.2) is 0 Å². The summed E-state index contributed by atoms with van der Waals surface area (Å²) >= 11 is 0. The van der Waals surface area contributed by atoms with E-state index in [1.807, 2.05) is 13.1 Å². The molecule has 0 amide bonds. The molecule has 0 bridgehead atoms. The van der Waals surface area contributed by atoms with Gasteiger partial charge in [-0.05, 0) is 25.8 Å². The highest BCUT2D eigenvalue weighted by molar-refractivity contribution is 5.79. The number of nitrogens with two attached hydrogens (primary N) is 1. The van der Waals surface area contributed by atoms with Crippen molar-refractivity contribution in [2.24, 2.45) is 5.73 Å². The van der Waals surface area contributed by atoms with E-state index in [9.17, 15) is 4.79 Å². The van der Waals surface area contributed by atoms with Crippen molar-refractivity contribution in [1.82, 2.24) is 9.78 Å². The summed E-state index contributed by atoms with van der Waals surface area (Å²) in [6, 6.07) is 0. The van der Waals surface area contributed by atoms with Crippen LogP contribution in [0.3, 0.4) is 0 Å². The van der Waals surface area contributed by atoms with Gasteiger partial charge < -0.3 is 10.5 Å². The largest absolute Gasteiger partial charge is 0.468 e. The van der Waals surface area contributed by atoms with Crippen LogP contribution in [0.25, 0.3) is 0 Å². The molecule has 0 aliphatic heterocycles. The zero-order valence-electron chi connectivity index (χ0n) is 9.36. The van der Waals surface area contributed by atoms with E-state index < -0.39 is 11.5 Å². The summed E-state index contributed by atoms with van der Waals surface area (Å²) in [6.45, 7) is 4.23. The molecule has 2 N–H and O–H groups in total. The Morgan fingerprint density at radius 2 is 2.40 bits per heavy atom. The van der Waals surface area contributed by atoms with Crippen LogP contribution in [0.1, 0.15) is 18.9 Å². The van der Waals surface area contributed by atoms with Gasteiger partial charge in [0.25, 0.3) is 0 Å². The van der Waals surface area contributed by atoms with E-state index in [2.05, 4.69) is 9.84 Å². The van der Waals surface area contributed by atoms with Crippen LogP contribution in [0.4, 0.5) is 0 Å². The summed E-state index contributed by atoms with van der Waals surface area (Å²) < 4.78 is 6.38. The predicted octanol–water partition coefficient (Wildman–Crippen LogP) is 0.472. The van der Waals surface area contributed by atoms with Crippen LogP contribution in [-0.4, -0.2) is 28.4 Å². The van der Waals surface area contributed by atoms with Crippen LogP contribution in [0.15, 0.2) is 12.4 Å². The van der Waals surface area contributed by atoms with Gasteiger partial charge in [0.1, 0.15) is 5.54 Å². The number of esters is 1. The maximum atomic E-state index is 11.3. The number of nitrogens with zero attached hydrogens (tertiary/aromatic N) is 2. The zero-order valence-corrected chi connectivity index (χ0v) is 9.36. The topological polar surface area (TPSA) is 70.1 Å². The van der Waals surface area contributed by atoms with E-state index in [0.717, 1.165) is 5.56 Å². The molecule has 1 atom stereocenters. The summed E-state index contributed by atoms with van der Waals surface area (Å²) in [5.41, 5.74) is 5.95. The lowest BCUT2D eigenvalue weighted by Gasteiger charge is -2.20. The Bertz CT molecular complexity index is 344. The molecule has 5 nitrogen and oxygen atoms in total. The third kappa shape index (κ3) is 3.06. The van der Waals surface area contributed by atoms with Crippen molar-refractivity contribution >= 4 is 5.97 Å². The number of rotatable bonds is 4. The van der Waals surface area contributed by atoms with E-state index in [4.69, 9.17) is 5.73 Å². The van der Waals surface area contributed by atoms with Crippen molar-refractivity contribution in [2.45, 2.75) is 32.4 Å². The molecule has 0 aromatic carbocycles. The van der Waals surface area contributed by atoms with Crippen molar-refractivity contribution < 1.29 is 9.53 Å². The number of carbonyl (C=O) groups excluding carboxylic acids is 1. The Balaban J connectivity index is 2.53. The first-order chi connectivity index (χ1) is 6.95. The summed E-state index contributed by atoms with van der Waals surface area (Å²) in [7, 11) is 1.34. The van der Waals surface area contributed by atoms with Gasteiger partial charge in [0.05, 0.1) is 13.3 Å². The monoisotopic (exact) mass is 211 g/mol. The Morgan fingerprint density at radius 3 is 2.87 bits per heavy atom. The molecule has 1 unspecified atom stereocenters. The maximum absolute atomic E-state index is 11.3. The summed E-state index contributed by atoms with van der Waals surface area (Å²) in [5, 5.41) is 4.11. The van der Waals surface area contributed by atoms with Crippen molar-refractivity contribution in [1.29, 1.82) is 0 Å². The van der Waals surface area contributed by atoms with Gasteiger partial charge in [-0.2, -0.15) is 5.10 Å². The minimum atomic E-state index is -0.950. The Kier molecular flexibility index (Phi) is 3.47. The van der Waals surface area contributed by atoms with Gasteiger partial charge in [0, 0.05) is 12.7 Å². The van der Waals surface area contributed by atoms with Gasteiger partial charge in [0.15, 0.2) is 0 Å². The number of hydrogen-bond acceptors (Lipinski definition) is 4. The number of ether oxygens (including phenoxy) is 1. The van der Waals surface area contributed by atoms with E-state index in [-0.39, 0.29) is 0 Å². The molecule has 0 radical (unpaired) electrons. The smallest absolute Gasteiger partial charge is 0.325 e. The predicted molar refractivity (Wildman–Crippen MR) is 56.2 cm³/mol. The molecule has 0 saturated carbocycles. The van der Waals surface area contributed by atoms with Crippen LogP contribution in [0, 0.1) is 6.92 Å². The summed E-state index contributed by atoms with van der Waals surface area (Å²) in [5.74, 6) is -0.397. The molecule has 1 rings (SSSR count). The zero-order chi connectivity index (χ0) is 11.5. The van der Waals surface area contributed by atoms with Gasteiger partial charge >= 0.3 is 5.97 Å². The van der Waals surface area contributed by atoms with Gasteiger partial charge in [0.2, 0.25) is 0 Å². The highest BCUT2D eigenvalue weighted by Gasteiger charge is 2.28. The lowest BCUT2D eigenvalue weighted by Crippen LogP contribution is -2.46. The second-order valence-electron chi connectivity index (χ2n) is 3.94. The molecule has 0 aliphatic carbocycles. The quantitative estimate of drug-likeness (QED) is 0.735. The average molecular weight is 211 g/mol. The van der Waals surface area contributed by atoms with Gasteiger partial charge in [-0.1, -0.05) is 0 Å². The molecule has 5 heteroatoms. The molecule has 84 valence electrons. The van der Waals surface area contributed by atoms with E-state index in [1.54, 1.807) is 17.8 Å².